The molecule has 0 aliphatic heterocycles. The maximum absolute atomic E-state index is 6.64. The summed E-state index contributed by atoms with van der Waals surface area (Å²) < 4.78 is 6.64. The van der Waals surface area contributed by atoms with Crippen molar-refractivity contribution in [3.63, 3.8) is 0 Å². The molecule has 0 N–H and O–H groups in total. The number of benzene rings is 11. The Hall–Kier alpha value is -8.98. The van der Waals surface area contributed by atoms with Crippen LogP contribution in [0.25, 0.3) is 88.7 Å². The maximum Gasteiger partial charge on any atom is 0.135 e. The molecule has 2 nitrogen and oxygen atoms in total. The summed E-state index contributed by atoms with van der Waals surface area (Å²) in [5.41, 5.74) is 24.4. The number of hydrogen-bond donors (Lipinski definition) is 0. The van der Waals surface area contributed by atoms with Crippen LogP contribution in [-0.2, 0) is 5.41 Å². The molecule has 0 radical (unpaired) electrons. The third-order valence-corrected chi connectivity index (χ3v) is 14.7. The molecule has 2 aliphatic carbocycles. The molecule has 0 bridgehead atoms. The molecule has 0 saturated heterocycles. The highest BCUT2D eigenvalue weighted by molar-refractivity contribution is 6.09. The van der Waals surface area contributed by atoms with Crippen molar-refractivity contribution in [2.24, 2.45) is 0 Å². The van der Waals surface area contributed by atoms with Crippen molar-refractivity contribution in [3.05, 3.63) is 283 Å². The molecule has 0 saturated carbocycles. The van der Waals surface area contributed by atoms with Gasteiger partial charge < -0.3 is 9.32 Å². The molecule has 1 aromatic heterocycles. The van der Waals surface area contributed by atoms with Gasteiger partial charge in [0.05, 0.1) is 5.41 Å². The third-order valence-electron chi connectivity index (χ3n) is 14.7. The molecule has 14 rings (SSSR count). The topological polar surface area (TPSA) is 16.4 Å². The first-order valence-corrected chi connectivity index (χ1v) is 23.8. The van der Waals surface area contributed by atoms with E-state index in [-0.39, 0.29) is 0 Å². The SMILES string of the molecule is c1ccc(-c2ccc(N(c3cccc(-c4ccccc4)c3)c3cccc(-c4ccc(-c5cccc6c5C5(c7ccccc7-c7cc8c(cc75)oc5ccccc58)c5ccccc5-6)cc4)c3)cc2)cc1. The Morgan fingerprint density at radius 3 is 1.42 bits per heavy atom. The summed E-state index contributed by atoms with van der Waals surface area (Å²) in [5, 5.41) is 2.30. The van der Waals surface area contributed by atoms with Gasteiger partial charge in [-0.1, -0.05) is 206 Å². The van der Waals surface area contributed by atoms with Gasteiger partial charge in [0.1, 0.15) is 11.2 Å². The highest BCUT2D eigenvalue weighted by atomic mass is 16.3. The fourth-order valence-electron chi connectivity index (χ4n) is 11.7. The summed E-state index contributed by atoms with van der Waals surface area (Å²) in [6, 6.07) is 95.3. The molecule has 69 heavy (non-hydrogen) atoms. The quantitative estimate of drug-likeness (QED) is 0.159. The first-order chi connectivity index (χ1) is 34.2. The van der Waals surface area contributed by atoms with Gasteiger partial charge in [0.2, 0.25) is 0 Å². The molecule has 1 unspecified atom stereocenters. The lowest BCUT2D eigenvalue weighted by Gasteiger charge is -2.32. The van der Waals surface area contributed by atoms with Crippen molar-refractivity contribution < 1.29 is 4.42 Å². The average Bonchev–Trinajstić information content (AvgIpc) is 4.05. The monoisotopic (exact) mass is 877 g/mol. The van der Waals surface area contributed by atoms with Gasteiger partial charge in [-0.3, -0.25) is 0 Å². The number of nitrogens with zero attached hydrogens (tertiary/aromatic N) is 1. The summed E-state index contributed by atoms with van der Waals surface area (Å²) in [6.07, 6.45) is 0. The average molecular weight is 878 g/mol. The van der Waals surface area contributed by atoms with Crippen molar-refractivity contribution in [1.29, 1.82) is 0 Å². The van der Waals surface area contributed by atoms with E-state index in [1.54, 1.807) is 0 Å². The van der Waals surface area contributed by atoms with E-state index in [4.69, 9.17) is 4.42 Å². The molecule has 0 amide bonds. The molecule has 1 spiro atoms. The van der Waals surface area contributed by atoms with Crippen LogP contribution in [0, 0.1) is 0 Å². The predicted molar refractivity (Wildman–Crippen MR) is 286 cm³/mol. The summed E-state index contributed by atoms with van der Waals surface area (Å²) >= 11 is 0. The normalized spacial score (nSPS) is 14.1. The van der Waals surface area contributed by atoms with Crippen LogP contribution in [0.5, 0.6) is 0 Å². The highest BCUT2D eigenvalue weighted by Crippen LogP contribution is 2.65. The van der Waals surface area contributed by atoms with Crippen molar-refractivity contribution in [2.75, 3.05) is 4.90 Å². The van der Waals surface area contributed by atoms with Gasteiger partial charge in [-0.25, -0.2) is 0 Å². The Bertz CT molecular complexity index is 3940. The van der Waals surface area contributed by atoms with Crippen LogP contribution in [-0.4, -0.2) is 0 Å². The van der Waals surface area contributed by atoms with Gasteiger partial charge in [0.15, 0.2) is 0 Å². The van der Waals surface area contributed by atoms with E-state index < -0.39 is 5.41 Å². The first kappa shape index (κ1) is 39.2. The molecule has 12 aromatic rings. The molecule has 1 heterocycles. The molecule has 11 aromatic carbocycles. The van der Waals surface area contributed by atoms with E-state index >= 15 is 0 Å². The second kappa shape index (κ2) is 15.6. The van der Waals surface area contributed by atoms with Crippen LogP contribution in [0.2, 0.25) is 0 Å². The number of rotatable bonds is 7. The van der Waals surface area contributed by atoms with E-state index in [1.165, 1.54) is 77.9 Å². The minimum Gasteiger partial charge on any atom is -0.456 e. The van der Waals surface area contributed by atoms with E-state index in [0.29, 0.717) is 0 Å². The van der Waals surface area contributed by atoms with Crippen LogP contribution >= 0.6 is 0 Å². The molecule has 2 heteroatoms. The standard InChI is InChI=1S/C67H43NO/c1-3-16-44(17-4-1)46-36-38-51(39-37-46)68(52-22-13-20-49(40-52)45-18-5-2-6-19-45)53-23-14-21-50(41-53)47-32-34-48(35-33-47)54-27-15-28-58-55-24-7-10-29-61(55)67(66(54)58)62-30-11-8-25-56(62)59-42-60-57-26-9-12-31-64(57)69-65(60)43-63(59)67/h1-43H. The van der Waals surface area contributed by atoms with Crippen molar-refractivity contribution in [3.8, 4) is 66.8 Å². The molecular weight excluding hydrogens is 835 g/mol. The lowest BCUT2D eigenvalue weighted by atomic mass is 9.68. The van der Waals surface area contributed by atoms with Crippen molar-refractivity contribution >= 4 is 39.0 Å². The Kier molecular flexibility index (Phi) is 8.84. The second-order valence-electron chi connectivity index (χ2n) is 18.4. The van der Waals surface area contributed by atoms with Gasteiger partial charge in [-0.05, 0) is 144 Å². The molecule has 2 aliphatic rings. The van der Waals surface area contributed by atoms with Gasteiger partial charge in [0.25, 0.3) is 0 Å². The zero-order valence-corrected chi connectivity index (χ0v) is 37.7. The highest BCUT2D eigenvalue weighted by Gasteiger charge is 2.53. The minimum absolute atomic E-state index is 0.533. The van der Waals surface area contributed by atoms with E-state index in [9.17, 15) is 0 Å². The predicted octanol–water partition coefficient (Wildman–Crippen LogP) is 18.1. The largest absolute Gasteiger partial charge is 0.456 e. The fraction of sp³-hybridized carbons (Fsp3) is 0.0149. The molecule has 0 fully saturated rings. The third kappa shape index (κ3) is 6.06. The lowest BCUT2D eigenvalue weighted by molar-refractivity contribution is 0.666. The number of hydrogen-bond acceptors (Lipinski definition) is 2. The van der Waals surface area contributed by atoms with Crippen LogP contribution in [0.3, 0.4) is 0 Å². The van der Waals surface area contributed by atoms with E-state index in [1.807, 2.05) is 0 Å². The zero-order chi connectivity index (χ0) is 45.5. The zero-order valence-electron chi connectivity index (χ0n) is 37.7. The van der Waals surface area contributed by atoms with Gasteiger partial charge in [-0.2, -0.15) is 0 Å². The Balaban J connectivity index is 0.889. The fourth-order valence-corrected chi connectivity index (χ4v) is 11.7. The maximum atomic E-state index is 6.64. The Morgan fingerprint density at radius 2 is 0.739 bits per heavy atom. The number of anilines is 3. The van der Waals surface area contributed by atoms with Crippen LogP contribution in [0.4, 0.5) is 17.1 Å². The first-order valence-electron chi connectivity index (χ1n) is 23.8. The lowest BCUT2D eigenvalue weighted by Crippen LogP contribution is -2.26. The second-order valence-corrected chi connectivity index (χ2v) is 18.4. The number of fused-ring (bicyclic) bond motifs is 13. The van der Waals surface area contributed by atoms with E-state index in [2.05, 4.69) is 266 Å². The van der Waals surface area contributed by atoms with Crippen LogP contribution in [0.15, 0.2) is 265 Å². The molecule has 322 valence electrons. The summed E-state index contributed by atoms with van der Waals surface area (Å²) in [6.45, 7) is 0. The van der Waals surface area contributed by atoms with Crippen LogP contribution < -0.4 is 4.90 Å². The number of para-hydroxylation sites is 1. The molecular formula is C67H43NO. The number of furan rings is 1. The molecule has 1 atom stereocenters. The summed E-state index contributed by atoms with van der Waals surface area (Å²) in [7, 11) is 0. The Labute approximate surface area is 401 Å². The van der Waals surface area contributed by atoms with Crippen LogP contribution in [0.1, 0.15) is 22.3 Å². The minimum atomic E-state index is -0.533. The summed E-state index contributed by atoms with van der Waals surface area (Å²) in [4.78, 5) is 2.37. The van der Waals surface area contributed by atoms with Gasteiger partial charge in [0, 0.05) is 27.8 Å². The van der Waals surface area contributed by atoms with Gasteiger partial charge in [-0.15, -0.1) is 0 Å². The van der Waals surface area contributed by atoms with Crippen molar-refractivity contribution in [1.82, 2.24) is 0 Å². The van der Waals surface area contributed by atoms with Gasteiger partial charge >= 0.3 is 0 Å². The Morgan fingerprint density at radius 1 is 0.261 bits per heavy atom. The van der Waals surface area contributed by atoms with Crippen molar-refractivity contribution in [2.45, 2.75) is 5.41 Å². The van der Waals surface area contributed by atoms with E-state index in [0.717, 1.165) is 50.1 Å². The summed E-state index contributed by atoms with van der Waals surface area (Å²) in [5.74, 6) is 0. The smallest absolute Gasteiger partial charge is 0.135 e.